The molecule has 92 valence electrons. The number of carbonyl (C=O) groups is 1. The van der Waals surface area contributed by atoms with Crippen molar-refractivity contribution >= 4 is 5.97 Å². The van der Waals surface area contributed by atoms with Gasteiger partial charge in [0.2, 0.25) is 5.69 Å². The Labute approximate surface area is 102 Å². The lowest BCUT2D eigenvalue weighted by molar-refractivity contribution is 0.0686. The van der Waals surface area contributed by atoms with E-state index in [9.17, 15) is 9.18 Å². The molecule has 0 saturated carbocycles. The number of aryl methyl sites for hydroxylation is 1. The van der Waals surface area contributed by atoms with Gasteiger partial charge in [-0.25, -0.2) is 19.2 Å². The molecule has 0 bridgehead atoms. The first-order valence-electron chi connectivity index (χ1n) is 5.06. The summed E-state index contributed by atoms with van der Waals surface area (Å²) in [7, 11) is 0. The van der Waals surface area contributed by atoms with E-state index in [0.717, 1.165) is 5.56 Å². The predicted octanol–water partition coefficient (Wildman–Crippen LogP) is 2.41. The minimum Gasteiger partial charge on any atom is -0.476 e. The molecular weight excluding hydrogens is 239 g/mol. The average Bonchev–Trinajstić information content (AvgIpc) is 2.34. The van der Waals surface area contributed by atoms with Crippen LogP contribution in [0, 0.1) is 12.7 Å². The standard InChI is InChI=1S/C12H9FN2O3/c1-7-2-3-8(13)9(6-7)18-11-10(12(16)17)14-4-5-15-11/h2-6H,1H3,(H,16,17). The molecule has 6 heteroatoms. The van der Waals surface area contributed by atoms with Crippen LogP contribution >= 0.6 is 0 Å². The second-order valence-electron chi connectivity index (χ2n) is 3.55. The second-order valence-corrected chi connectivity index (χ2v) is 3.55. The lowest BCUT2D eigenvalue weighted by atomic mass is 10.2. The lowest BCUT2D eigenvalue weighted by Crippen LogP contribution is -2.05. The van der Waals surface area contributed by atoms with Crippen molar-refractivity contribution in [3.05, 3.63) is 47.7 Å². The van der Waals surface area contributed by atoms with Gasteiger partial charge in [0.25, 0.3) is 5.88 Å². The molecule has 1 N–H and O–H groups in total. The van der Waals surface area contributed by atoms with Crippen molar-refractivity contribution in [1.29, 1.82) is 0 Å². The molecule has 0 aliphatic rings. The maximum absolute atomic E-state index is 13.5. The van der Waals surface area contributed by atoms with Crippen LogP contribution in [0.3, 0.4) is 0 Å². The van der Waals surface area contributed by atoms with Crippen LogP contribution in [0.15, 0.2) is 30.6 Å². The summed E-state index contributed by atoms with van der Waals surface area (Å²) < 4.78 is 18.6. The number of ether oxygens (including phenoxy) is 1. The number of nitrogens with zero attached hydrogens (tertiary/aromatic N) is 2. The lowest BCUT2D eigenvalue weighted by Gasteiger charge is -2.07. The molecule has 0 aliphatic heterocycles. The highest BCUT2D eigenvalue weighted by molar-refractivity contribution is 5.87. The number of carboxylic acid groups (broad SMARTS) is 1. The largest absolute Gasteiger partial charge is 0.476 e. The SMILES string of the molecule is Cc1ccc(F)c(Oc2nccnc2C(=O)O)c1. The van der Waals surface area contributed by atoms with Gasteiger partial charge in [0.05, 0.1) is 0 Å². The highest BCUT2D eigenvalue weighted by Gasteiger charge is 2.16. The molecule has 1 heterocycles. The van der Waals surface area contributed by atoms with Gasteiger partial charge in [-0.2, -0.15) is 0 Å². The van der Waals surface area contributed by atoms with Gasteiger partial charge in [-0.1, -0.05) is 6.07 Å². The fourth-order valence-corrected chi connectivity index (χ4v) is 1.34. The van der Waals surface area contributed by atoms with E-state index in [1.807, 2.05) is 0 Å². The van der Waals surface area contributed by atoms with Crippen molar-refractivity contribution in [3.8, 4) is 11.6 Å². The third-order valence-corrected chi connectivity index (χ3v) is 2.16. The molecule has 0 radical (unpaired) electrons. The highest BCUT2D eigenvalue weighted by Crippen LogP contribution is 2.25. The van der Waals surface area contributed by atoms with Crippen LogP contribution in [-0.4, -0.2) is 21.0 Å². The molecule has 0 amide bonds. The maximum Gasteiger partial charge on any atom is 0.360 e. The Hall–Kier alpha value is -2.50. The molecule has 2 aromatic rings. The highest BCUT2D eigenvalue weighted by atomic mass is 19.1. The zero-order valence-corrected chi connectivity index (χ0v) is 9.42. The third-order valence-electron chi connectivity index (χ3n) is 2.16. The smallest absolute Gasteiger partial charge is 0.360 e. The van der Waals surface area contributed by atoms with Gasteiger partial charge in [-0.05, 0) is 24.6 Å². The molecule has 0 aliphatic carbocycles. The molecule has 0 fully saturated rings. The number of aromatic carboxylic acids is 1. The van der Waals surface area contributed by atoms with E-state index in [-0.39, 0.29) is 17.3 Å². The van der Waals surface area contributed by atoms with Crippen LogP contribution in [-0.2, 0) is 0 Å². The quantitative estimate of drug-likeness (QED) is 0.902. The first kappa shape index (κ1) is 12.0. The fraction of sp³-hybridized carbons (Fsp3) is 0.0833. The zero-order chi connectivity index (χ0) is 13.1. The summed E-state index contributed by atoms with van der Waals surface area (Å²) in [5.74, 6) is -2.21. The Morgan fingerprint density at radius 1 is 1.33 bits per heavy atom. The Morgan fingerprint density at radius 3 is 2.78 bits per heavy atom. The van der Waals surface area contributed by atoms with Crippen molar-refractivity contribution in [3.63, 3.8) is 0 Å². The fourth-order valence-electron chi connectivity index (χ4n) is 1.34. The molecule has 5 nitrogen and oxygen atoms in total. The van der Waals surface area contributed by atoms with Crippen LogP contribution in [0.1, 0.15) is 16.1 Å². The summed E-state index contributed by atoms with van der Waals surface area (Å²) in [6.07, 6.45) is 2.50. The maximum atomic E-state index is 13.5. The van der Waals surface area contributed by atoms with E-state index in [1.54, 1.807) is 13.0 Å². The van der Waals surface area contributed by atoms with Crippen LogP contribution in [0.4, 0.5) is 4.39 Å². The third kappa shape index (κ3) is 2.42. The van der Waals surface area contributed by atoms with Gasteiger partial charge in [-0.15, -0.1) is 0 Å². The van der Waals surface area contributed by atoms with Gasteiger partial charge >= 0.3 is 5.97 Å². The van der Waals surface area contributed by atoms with Gasteiger partial charge in [0.1, 0.15) is 0 Å². The Balaban J connectivity index is 2.40. The molecule has 0 spiro atoms. The normalized spacial score (nSPS) is 10.1. The average molecular weight is 248 g/mol. The number of halogens is 1. The summed E-state index contributed by atoms with van der Waals surface area (Å²) in [6.45, 7) is 1.76. The first-order valence-corrected chi connectivity index (χ1v) is 5.06. The number of rotatable bonds is 3. The Bertz CT molecular complexity index is 602. The van der Waals surface area contributed by atoms with Gasteiger partial charge in [0, 0.05) is 12.4 Å². The topological polar surface area (TPSA) is 72.3 Å². The van der Waals surface area contributed by atoms with E-state index in [1.165, 1.54) is 24.5 Å². The number of aromatic nitrogens is 2. The van der Waals surface area contributed by atoms with Crippen molar-refractivity contribution in [2.24, 2.45) is 0 Å². The molecule has 1 aromatic carbocycles. The first-order chi connectivity index (χ1) is 8.58. The Kier molecular flexibility index (Phi) is 3.18. The minimum atomic E-state index is -1.29. The monoisotopic (exact) mass is 248 g/mol. The van der Waals surface area contributed by atoms with E-state index in [4.69, 9.17) is 9.84 Å². The van der Waals surface area contributed by atoms with E-state index in [2.05, 4.69) is 9.97 Å². The van der Waals surface area contributed by atoms with Gasteiger partial charge < -0.3 is 9.84 Å². The Morgan fingerprint density at radius 2 is 2.06 bits per heavy atom. The molecule has 1 aromatic heterocycles. The van der Waals surface area contributed by atoms with Crippen molar-refractivity contribution in [2.45, 2.75) is 6.92 Å². The second kappa shape index (κ2) is 4.79. The number of hydrogen-bond acceptors (Lipinski definition) is 4. The molecule has 0 unspecified atom stereocenters. The zero-order valence-electron chi connectivity index (χ0n) is 9.42. The van der Waals surface area contributed by atoms with Crippen LogP contribution < -0.4 is 4.74 Å². The molecule has 0 atom stereocenters. The predicted molar refractivity (Wildman–Crippen MR) is 60.2 cm³/mol. The van der Waals surface area contributed by atoms with Gasteiger partial charge in [0.15, 0.2) is 11.6 Å². The van der Waals surface area contributed by atoms with Gasteiger partial charge in [-0.3, -0.25) is 0 Å². The summed E-state index contributed by atoms with van der Waals surface area (Å²) in [5.41, 5.74) is 0.422. The summed E-state index contributed by atoms with van der Waals surface area (Å²) in [6, 6.07) is 4.27. The molecule has 0 saturated heterocycles. The van der Waals surface area contributed by atoms with Crippen LogP contribution in [0.25, 0.3) is 0 Å². The molecule has 18 heavy (non-hydrogen) atoms. The van der Waals surface area contributed by atoms with Crippen molar-refractivity contribution in [2.75, 3.05) is 0 Å². The molecule has 2 rings (SSSR count). The summed E-state index contributed by atoms with van der Waals surface area (Å²) in [5, 5.41) is 8.89. The van der Waals surface area contributed by atoms with Crippen LogP contribution in [0.2, 0.25) is 0 Å². The van der Waals surface area contributed by atoms with Crippen molar-refractivity contribution in [1.82, 2.24) is 9.97 Å². The van der Waals surface area contributed by atoms with Crippen LogP contribution in [0.5, 0.6) is 11.6 Å². The van der Waals surface area contributed by atoms with E-state index >= 15 is 0 Å². The number of hydrogen-bond donors (Lipinski definition) is 1. The number of benzene rings is 1. The summed E-state index contributed by atoms with van der Waals surface area (Å²) >= 11 is 0. The molecular formula is C12H9FN2O3. The minimum absolute atomic E-state index is 0.0852. The van der Waals surface area contributed by atoms with E-state index < -0.39 is 11.8 Å². The number of carboxylic acids is 1. The summed E-state index contributed by atoms with van der Waals surface area (Å²) in [4.78, 5) is 18.2. The van der Waals surface area contributed by atoms with E-state index in [0.29, 0.717) is 0 Å². The van der Waals surface area contributed by atoms with Crippen molar-refractivity contribution < 1.29 is 19.0 Å².